The number of anilines is 1. The summed E-state index contributed by atoms with van der Waals surface area (Å²) in [6, 6.07) is 6.18. The number of hydrogen-bond donors (Lipinski definition) is 3. The standard InChI is InChI=1S/C15H11N7O5/c23-12-6-27-11-2-1-7(3-8(11)17-12)5-16-13(24)9-4-10(14(25)26)22-15(18-9)19-20-21-22/h1-4H,5-6H2,(H,16,24)(H,17,23)(H,25,26). The Kier molecular flexibility index (Phi) is 3.84. The molecular weight excluding hydrogens is 358 g/mol. The number of rotatable bonds is 4. The van der Waals surface area contributed by atoms with Gasteiger partial charge in [-0.25, -0.2) is 9.78 Å². The Morgan fingerprint density at radius 1 is 1.33 bits per heavy atom. The molecule has 136 valence electrons. The van der Waals surface area contributed by atoms with E-state index < -0.39 is 11.9 Å². The van der Waals surface area contributed by atoms with Crippen LogP contribution in [0, 0.1) is 0 Å². The molecule has 0 unspecified atom stereocenters. The van der Waals surface area contributed by atoms with Crippen molar-refractivity contribution in [3.8, 4) is 5.75 Å². The van der Waals surface area contributed by atoms with Crippen molar-refractivity contribution < 1.29 is 24.2 Å². The minimum atomic E-state index is -1.30. The van der Waals surface area contributed by atoms with Crippen molar-refractivity contribution in [1.29, 1.82) is 0 Å². The topological polar surface area (TPSA) is 161 Å². The number of tetrazole rings is 1. The zero-order valence-electron chi connectivity index (χ0n) is 13.5. The van der Waals surface area contributed by atoms with Gasteiger partial charge in [-0.2, -0.15) is 4.52 Å². The fourth-order valence-corrected chi connectivity index (χ4v) is 2.52. The molecule has 4 rings (SSSR count). The zero-order chi connectivity index (χ0) is 19.0. The molecule has 0 saturated heterocycles. The van der Waals surface area contributed by atoms with Crippen LogP contribution in [0.3, 0.4) is 0 Å². The van der Waals surface area contributed by atoms with Crippen LogP contribution >= 0.6 is 0 Å². The maximum absolute atomic E-state index is 12.4. The molecule has 2 amide bonds. The maximum atomic E-state index is 12.4. The number of aromatic carboxylic acids is 1. The number of ether oxygens (including phenoxy) is 1. The van der Waals surface area contributed by atoms with Crippen LogP contribution in [0.2, 0.25) is 0 Å². The van der Waals surface area contributed by atoms with Crippen LogP contribution in [0.1, 0.15) is 26.5 Å². The second-order valence-corrected chi connectivity index (χ2v) is 5.57. The van der Waals surface area contributed by atoms with Gasteiger partial charge in [0.1, 0.15) is 11.4 Å². The van der Waals surface area contributed by atoms with Crippen molar-refractivity contribution in [2.45, 2.75) is 6.54 Å². The minimum Gasteiger partial charge on any atom is -0.482 e. The Morgan fingerprint density at radius 3 is 3.00 bits per heavy atom. The summed E-state index contributed by atoms with van der Waals surface area (Å²) in [6.07, 6.45) is 0. The van der Waals surface area contributed by atoms with Gasteiger partial charge in [0.2, 0.25) is 0 Å². The lowest BCUT2D eigenvalue weighted by Crippen LogP contribution is -2.27. The molecule has 3 heterocycles. The van der Waals surface area contributed by atoms with E-state index in [0.29, 0.717) is 17.0 Å². The second kappa shape index (κ2) is 6.33. The molecule has 0 aliphatic carbocycles. The fourth-order valence-electron chi connectivity index (χ4n) is 2.52. The van der Waals surface area contributed by atoms with Crippen molar-refractivity contribution in [2.24, 2.45) is 0 Å². The molecule has 27 heavy (non-hydrogen) atoms. The average molecular weight is 369 g/mol. The normalized spacial score (nSPS) is 12.8. The molecule has 0 saturated carbocycles. The van der Waals surface area contributed by atoms with Gasteiger partial charge in [-0.3, -0.25) is 9.59 Å². The van der Waals surface area contributed by atoms with Gasteiger partial charge >= 0.3 is 5.97 Å². The number of amides is 2. The second-order valence-electron chi connectivity index (χ2n) is 5.57. The highest BCUT2D eigenvalue weighted by atomic mass is 16.5. The van der Waals surface area contributed by atoms with Gasteiger partial charge in [-0.15, -0.1) is 0 Å². The molecule has 0 fully saturated rings. The van der Waals surface area contributed by atoms with E-state index in [2.05, 4.69) is 31.1 Å². The Balaban J connectivity index is 1.53. The Bertz CT molecular complexity index is 1090. The Hall–Kier alpha value is -4.09. The van der Waals surface area contributed by atoms with E-state index in [9.17, 15) is 19.5 Å². The smallest absolute Gasteiger partial charge is 0.354 e. The van der Waals surface area contributed by atoms with E-state index in [1.807, 2.05) is 0 Å². The van der Waals surface area contributed by atoms with E-state index in [0.717, 1.165) is 10.6 Å². The zero-order valence-corrected chi connectivity index (χ0v) is 13.5. The van der Waals surface area contributed by atoms with Crippen molar-refractivity contribution in [3.05, 3.63) is 41.2 Å². The molecule has 1 aliphatic rings. The first-order valence-electron chi connectivity index (χ1n) is 7.67. The summed E-state index contributed by atoms with van der Waals surface area (Å²) in [4.78, 5) is 39.0. The van der Waals surface area contributed by atoms with Crippen molar-refractivity contribution in [2.75, 3.05) is 11.9 Å². The highest BCUT2D eigenvalue weighted by Gasteiger charge is 2.19. The first-order chi connectivity index (χ1) is 13.0. The van der Waals surface area contributed by atoms with Gasteiger partial charge in [0, 0.05) is 12.6 Å². The number of hydrogen-bond acceptors (Lipinski definition) is 8. The lowest BCUT2D eigenvalue weighted by atomic mass is 10.1. The van der Waals surface area contributed by atoms with Crippen LogP contribution in [-0.4, -0.2) is 54.5 Å². The van der Waals surface area contributed by atoms with Crippen LogP contribution in [-0.2, 0) is 11.3 Å². The third-order valence-electron chi connectivity index (χ3n) is 3.76. The number of fused-ring (bicyclic) bond motifs is 2. The summed E-state index contributed by atoms with van der Waals surface area (Å²) in [5.41, 5.74) is 0.796. The van der Waals surface area contributed by atoms with E-state index in [-0.39, 0.29) is 36.2 Å². The van der Waals surface area contributed by atoms with Crippen LogP contribution in [0.25, 0.3) is 5.78 Å². The summed E-state index contributed by atoms with van der Waals surface area (Å²) < 4.78 is 6.19. The molecule has 0 radical (unpaired) electrons. The Labute approximate surface area is 150 Å². The number of carbonyl (C=O) groups excluding carboxylic acids is 2. The molecule has 0 spiro atoms. The van der Waals surface area contributed by atoms with E-state index >= 15 is 0 Å². The van der Waals surface area contributed by atoms with E-state index in [4.69, 9.17) is 4.74 Å². The fraction of sp³-hybridized carbons (Fsp3) is 0.133. The molecule has 3 N–H and O–H groups in total. The lowest BCUT2D eigenvalue weighted by molar-refractivity contribution is -0.118. The maximum Gasteiger partial charge on any atom is 0.354 e. The van der Waals surface area contributed by atoms with Crippen LogP contribution in [0.5, 0.6) is 5.75 Å². The van der Waals surface area contributed by atoms with Gasteiger partial charge in [0.25, 0.3) is 17.6 Å². The summed E-state index contributed by atoms with van der Waals surface area (Å²) >= 11 is 0. The largest absolute Gasteiger partial charge is 0.482 e. The van der Waals surface area contributed by atoms with Gasteiger partial charge in [-0.1, -0.05) is 11.2 Å². The van der Waals surface area contributed by atoms with E-state index in [1.54, 1.807) is 18.2 Å². The average Bonchev–Trinajstić information content (AvgIpc) is 3.13. The summed E-state index contributed by atoms with van der Waals surface area (Å²) in [6.45, 7) is 0.0861. The first kappa shape index (κ1) is 16.4. The molecule has 0 bridgehead atoms. The Morgan fingerprint density at radius 2 is 2.19 bits per heavy atom. The van der Waals surface area contributed by atoms with Crippen molar-refractivity contribution >= 4 is 29.2 Å². The molecular formula is C15H11N7O5. The number of nitrogens with one attached hydrogen (secondary N) is 2. The minimum absolute atomic E-state index is 0.0410. The first-order valence-corrected chi connectivity index (χ1v) is 7.67. The summed E-state index contributed by atoms with van der Waals surface area (Å²) in [5, 5.41) is 25.0. The quantitative estimate of drug-likeness (QED) is 0.549. The molecule has 12 heteroatoms. The molecule has 1 aromatic carbocycles. The molecule has 1 aliphatic heterocycles. The highest BCUT2D eigenvalue weighted by Crippen LogP contribution is 2.28. The SMILES string of the molecule is O=C1COc2ccc(CNC(=O)c3cc(C(=O)O)n4nnnc4n3)cc2N1. The van der Waals surface area contributed by atoms with Crippen LogP contribution in [0.15, 0.2) is 24.3 Å². The summed E-state index contributed by atoms with van der Waals surface area (Å²) in [7, 11) is 0. The molecule has 2 aromatic heterocycles. The number of carboxylic acids is 1. The number of carbonyl (C=O) groups is 3. The van der Waals surface area contributed by atoms with Crippen molar-refractivity contribution in [3.63, 3.8) is 0 Å². The van der Waals surface area contributed by atoms with Gasteiger partial charge < -0.3 is 20.5 Å². The molecule has 3 aromatic rings. The summed E-state index contributed by atoms with van der Waals surface area (Å²) in [5.74, 6) is -1.71. The van der Waals surface area contributed by atoms with Gasteiger partial charge in [0.05, 0.1) is 5.69 Å². The number of benzene rings is 1. The van der Waals surface area contributed by atoms with Crippen molar-refractivity contribution in [1.82, 2.24) is 30.3 Å². The predicted molar refractivity (Wildman–Crippen MR) is 87.3 cm³/mol. The van der Waals surface area contributed by atoms with Crippen LogP contribution in [0.4, 0.5) is 5.69 Å². The molecule has 0 atom stereocenters. The highest BCUT2D eigenvalue weighted by molar-refractivity contribution is 5.96. The number of carboxylic acid groups (broad SMARTS) is 1. The third kappa shape index (κ3) is 3.10. The number of nitrogens with zero attached hydrogens (tertiary/aromatic N) is 5. The van der Waals surface area contributed by atoms with Crippen LogP contribution < -0.4 is 15.4 Å². The monoisotopic (exact) mass is 369 g/mol. The lowest BCUT2D eigenvalue weighted by Gasteiger charge is -2.18. The van der Waals surface area contributed by atoms with E-state index in [1.165, 1.54) is 0 Å². The third-order valence-corrected chi connectivity index (χ3v) is 3.76. The predicted octanol–water partition coefficient (Wildman–Crippen LogP) is -0.522. The van der Waals surface area contributed by atoms with Gasteiger partial charge in [-0.05, 0) is 28.1 Å². The number of aromatic nitrogens is 5. The van der Waals surface area contributed by atoms with Gasteiger partial charge in [0.15, 0.2) is 12.3 Å². The molecule has 12 nitrogen and oxygen atoms in total.